The number of ether oxygens (including phenoxy) is 2. The molecule has 1 fully saturated rings. The van der Waals surface area contributed by atoms with Crippen molar-refractivity contribution in [3.05, 3.63) is 12.2 Å². The average Bonchev–Trinajstić information content (AvgIpc) is 2.01. The van der Waals surface area contributed by atoms with Crippen molar-refractivity contribution in [1.82, 2.24) is 0 Å². The van der Waals surface area contributed by atoms with Crippen LogP contribution in [0.15, 0.2) is 12.2 Å². The molecule has 0 amide bonds. The molecule has 0 bridgehead atoms. The summed E-state index contributed by atoms with van der Waals surface area (Å²) in [5.74, 6) is -0.128. The standard InChI is InChI=1S/C10H14O3/c1-10(2)12-6-7-3-4-8(11)5-9(7)13-10/h3-4,7,9H,5-6H2,1-2H3. The van der Waals surface area contributed by atoms with Crippen LogP contribution in [0.3, 0.4) is 0 Å². The van der Waals surface area contributed by atoms with Crippen LogP contribution in [-0.4, -0.2) is 24.3 Å². The molecule has 1 saturated heterocycles. The number of allylic oxidation sites excluding steroid dienone is 1. The zero-order chi connectivity index (χ0) is 9.47. The summed E-state index contributed by atoms with van der Waals surface area (Å²) in [6.45, 7) is 4.42. The quantitative estimate of drug-likeness (QED) is 0.566. The minimum Gasteiger partial charge on any atom is -0.350 e. The van der Waals surface area contributed by atoms with Gasteiger partial charge in [0.25, 0.3) is 0 Å². The molecule has 2 aliphatic rings. The normalized spacial score (nSPS) is 37.2. The molecular formula is C10H14O3. The van der Waals surface area contributed by atoms with Gasteiger partial charge >= 0.3 is 0 Å². The van der Waals surface area contributed by atoms with Crippen LogP contribution in [0.2, 0.25) is 0 Å². The highest BCUT2D eigenvalue weighted by Gasteiger charge is 2.37. The zero-order valence-corrected chi connectivity index (χ0v) is 7.95. The van der Waals surface area contributed by atoms with Crippen molar-refractivity contribution in [2.75, 3.05) is 6.61 Å². The maximum absolute atomic E-state index is 11.1. The van der Waals surface area contributed by atoms with Gasteiger partial charge in [0.2, 0.25) is 0 Å². The molecule has 0 saturated carbocycles. The number of fused-ring (bicyclic) bond motifs is 1. The number of rotatable bonds is 0. The molecule has 0 spiro atoms. The third-order valence-electron chi connectivity index (χ3n) is 2.47. The van der Waals surface area contributed by atoms with E-state index in [2.05, 4.69) is 0 Å². The van der Waals surface area contributed by atoms with Crippen molar-refractivity contribution in [2.45, 2.75) is 32.2 Å². The lowest BCUT2D eigenvalue weighted by molar-refractivity contribution is -0.286. The molecule has 2 rings (SSSR count). The monoisotopic (exact) mass is 182 g/mol. The van der Waals surface area contributed by atoms with Crippen LogP contribution in [0.25, 0.3) is 0 Å². The van der Waals surface area contributed by atoms with E-state index >= 15 is 0 Å². The second kappa shape index (κ2) is 2.93. The zero-order valence-electron chi connectivity index (χ0n) is 7.95. The van der Waals surface area contributed by atoms with Crippen LogP contribution >= 0.6 is 0 Å². The van der Waals surface area contributed by atoms with E-state index in [0.717, 1.165) is 0 Å². The molecule has 0 radical (unpaired) electrons. The van der Waals surface area contributed by atoms with Crippen molar-refractivity contribution in [2.24, 2.45) is 5.92 Å². The summed E-state index contributed by atoms with van der Waals surface area (Å²) in [5.41, 5.74) is 0. The molecule has 3 nitrogen and oxygen atoms in total. The first-order valence-electron chi connectivity index (χ1n) is 4.60. The van der Waals surface area contributed by atoms with Gasteiger partial charge < -0.3 is 9.47 Å². The van der Waals surface area contributed by atoms with E-state index < -0.39 is 5.79 Å². The molecule has 72 valence electrons. The smallest absolute Gasteiger partial charge is 0.163 e. The maximum Gasteiger partial charge on any atom is 0.163 e. The van der Waals surface area contributed by atoms with Crippen LogP contribution in [0.5, 0.6) is 0 Å². The fourth-order valence-corrected chi connectivity index (χ4v) is 1.76. The Bertz CT molecular complexity index is 255. The predicted octanol–water partition coefficient (Wildman–Crippen LogP) is 1.28. The van der Waals surface area contributed by atoms with Gasteiger partial charge in [-0.2, -0.15) is 0 Å². The van der Waals surface area contributed by atoms with E-state index in [1.807, 2.05) is 19.9 Å². The van der Waals surface area contributed by atoms with Gasteiger partial charge in [-0.05, 0) is 19.9 Å². The lowest BCUT2D eigenvalue weighted by atomic mass is 9.91. The highest BCUT2D eigenvalue weighted by molar-refractivity contribution is 5.91. The van der Waals surface area contributed by atoms with Gasteiger partial charge in [0, 0.05) is 12.3 Å². The lowest BCUT2D eigenvalue weighted by Crippen LogP contribution is -2.46. The largest absolute Gasteiger partial charge is 0.350 e. The molecular weight excluding hydrogens is 168 g/mol. The Morgan fingerprint density at radius 1 is 1.54 bits per heavy atom. The van der Waals surface area contributed by atoms with Gasteiger partial charge in [0.15, 0.2) is 11.6 Å². The SMILES string of the molecule is CC1(C)OCC2C=CC(=O)CC2O1. The minimum atomic E-state index is -0.535. The summed E-state index contributed by atoms with van der Waals surface area (Å²) in [5, 5.41) is 0. The van der Waals surface area contributed by atoms with Crippen molar-refractivity contribution in [3.8, 4) is 0 Å². The number of carbonyl (C=O) groups is 1. The van der Waals surface area contributed by atoms with Crippen LogP contribution in [0, 0.1) is 5.92 Å². The molecule has 2 atom stereocenters. The molecule has 0 aromatic heterocycles. The first kappa shape index (κ1) is 8.91. The Morgan fingerprint density at radius 2 is 2.31 bits per heavy atom. The minimum absolute atomic E-state index is 0.0150. The number of carbonyl (C=O) groups excluding carboxylic acids is 1. The van der Waals surface area contributed by atoms with Gasteiger partial charge in [-0.1, -0.05) is 6.08 Å². The van der Waals surface area contributed by atoms with E-state index in [1.54, 1.807) is 6.08 Å². The first-order valence-corrected chi connectivity index (χ1v) is 4.60. The number of hydrogen-bond acceptors (Lipinski definition) is 3. The average molecular weight is 182 g/mol. The van der Waals surface area contributed by atoms with Crippen molar-refractivity contribution >= 4 is 5.78 Å². The topological polar surface area (TPSA) is 35.5 Å². The Balaban J connectivity index is 2.12. The summed E-state index contributed by atoms with van der Waals surface area (Å²) in [7, 11) is 0. The predicted molar refractivity (Wildman–Crippen MR) is 47.2 cm³/mol. The van der Waals surface area contributed by atoms with E-state index in [9.17, 15) is 4.79 Å². The molecule has 13 heavy (non-hydrogen) atoms. The fraction of sp³-hybridized carbons (Fsp3) is 0.700. The molecule has 0 aromatic carbocycles. The van der Waals surface area contributed by atoms with Gasteiger partial charge in [0.1, 0.15) is 0 Å². The Hall–Kier alpha value is -0.670. The molecule has 0 aromatic rings. The number of ketones is 1. The second-order valence-corrected chi connectivity index (χ2v) is 4.06. The molecule has 0 N–H and O–H groups in total. The molecule has 1 heterocycles. The van der Waals surface area contributed by atoms with Gasteiger partial charge in [-0.3, -0.25) is 4.79 Å². The maximum atomic E-state index is 11.1. The summed E-state index contributed by atoms with van der Waals surface area (Å²) < 4.78 is 11.1. The molecule has 1 aliphatic heterocycles. The second-order valence-electron chi connectivity index (χ2n) is 4.06. The summed E-state index contributed by atoms with van der Waals surface area (Å²) in [6.07, 6.45) is 4.03. The highest BCUT2D eigenvalue weighted by atomic mass is 16.7. The Kier molecular flexibility index (Phi) is 2.00. The van der Waals surface area contributed by atoms with Crippen LogP contribution < -0.4 is 0 Å². The fourth-order valence-electron chi connectivity index (χ4n) is 1.76. The van der Waals surface area contributed by atoms with Gasteiger partial charge in [0.05, 0.1) is 12.7 Å². The van der Waals surface area contributed by atoms with Crippen LogP contribution in [0.1, 0.15) is 20.3 Å². The van der Waals surface area contributed by atoms with Gasteiger partial charge in [-0.25, -0.2) is 0 Å². The van der Waals surface area contributed by atoms with Crippen molar-refractivity contribution in [1.29, 1.82) is 0 Å². The Morgan fingerprint density at radius 3 is 3.08 bits per heavy atom. The Labute approximate surface area is 77.7 Å². The third-order valence-corrected chi connectivity index (χ3v) is 2.47. The van der Waals surface area contributed by atoms with Crippen LogP contribution in [0.4, 0.5) is 0 Å². The summed E-state index contributed by atoms with van der Waals surface area (Å²) in [6, 6.07) is 0. The molecule has 2 unspecified atom stereocenters. The van der Waals surface area contributed by atoms with Gasteiger partial charge in [-0.15, -0.1) is 0 Å². The van der Waals surface area contributed by atoms with E-state index in [0.29, 0.717) is 13.0 Å². The highest BCUT2D eigenvalue weighted by Crippen LogP contribution is 2.30. The van der Waals surface area contributed by atoms with E-state index in [1.165, 1.54) is 0 Å². The van der Waals surface area contributed by atoms with Crippen molar-refractivity contribution < 1.29 is 14.3 Å². The summed E-state index contributed by atoms with van der Waals surface area (Å²) in [4.78, 5) is 11.1. The first-order chi connectivity index (χ1) is 6.07. The molecule has 3 heteroatoms. The lowest BCUT2D eigenvalue weighted by Gasteiger charge is -2.41. The van der Waals surface area contributed by atoms with E-state index in [-0.39, 0.29) is 17.8 Å². The number of hydrogen-bond donors (Lipinski definition) is 0. The summed E-state index contributed by atoms with van der Waals surface area (Å²) >= 11 is 0. The third kappa shape index (κ3) is 1.81. The van der Waals surface area contributed by atoms with Crippen LogP contribution in [-0.2, 0) is 14.3 Å². The van der Waals surface area contributed by atoms with Crippen molar-refractivity contribution in [3.63, 3.8) is 0 Å². The molecule has 1 aliphatic carbocycles. The van der Waals surface area contributed by atoms with E-state index in [4.69, 9.17) is 9.47 Å².